The van der Waals surface area contributed by atoms with Gasteiger partial charge < -0.3 is 10.2 Å². The molecule has 1 saturated carbocycles. The minimum absolute atomic E-state index is 0.0239. The van der Waals surface area contributed by atoms with Crippen LogP contribution in [0.3, 0.4) is 0 Å². The van der Waals surface area contributed by atoms with Crippen LogP contribution in [0.1, 0.15) is 45.2 Å². The maximum atomic E-state index is 13.4. The second kappa shape index (κ2) is 7.48. The van der Waals surface area contributed by atoms with Crippen molar-refractivity contribution in [3.8, 4) is 0 Å². The number of carbonyl (C=O) groups excluding carboxylic acids is 2. The van der Waals surface area contributed by atoms with E-state index >= 15 is 0 Å². The van der Waals surface area contributed by atoms with E-state index < -0.39 is 0 Å². The van der Waals surface area contributed by atoms with E-state index in [1.54, 1.807) is 11.3 Å². The summed E-state index contributed by atoms with van der Waals surface area (Å²) in [6.45, 7) is 0.700. The van der Waals surface area contributed by atoms with E-state index in [-0.39, 0.29) is 23.8 Å². The Balaban J connectivity index is 1.41. The van der Waals surface area contributed by atoms with Crippen molar-refractivity contribution < 1.29 is 9.59 Å². The van der Waals surface area contributed by atoms with Crippen molar-refractivity contribution in [3.05, 3.63) is 87.6 Å². The summed E-state index contributed by atoms with van der Waals surface area (Å²) in [6, 6.07) is 19.6. The molecule has 0 bridgehead atoms. The lowest BCUT2D eigenvalue weighted by Gasteiger charge is -2.36. The second-order valence-corrected chi connectivity index (χ2v) is 8.70. The number of benzene rings is 2. The maximum Gasteiger partial charge on any atom is 0.254 e. The highest BCUT2D eigenvalue weighted by molar-refractivity contribution is 7.10. The van der Waals surface area contributed by atoms with Crippen molar-refractivity contribution in [1.29, 1.82) is 0 Å². The first-order valence-corrected chi connectivity index (χ1v) is 10.9. The van der Waals surface area contributed by atoms with E-state index in [2.05, 4.69) is 28.9 Å². The van der Waals surface area contributed by atoms with Crippen molar-refractivity contribution in [2.45, 2.75) is 25.3 Å². The Morgan fingerprint density at radius 3 is 2.45 bits per heavy atom. The van der Waals surface area contributed by atoms with Crippen molar-refractivity contribution >= 4 is 28.8 Å². The number of amides is 2. The summed E-state index contributed by atoms with van der Waals surface area (Å²) < 4.78 is 0. The van der Waals surface area contributed by atoms with Crippen molar-refractivity contribution in [2.75, 3.05) is 11.9 Å². The lowest BCUT2D eigenvalue weighted by molar-refractivity contribution is -0.117. The molecule has 0 unspecified atom stereocenters. The molecule has 1 aliphatic carbocycles. The summed E-state index contributed by atoms with van der Waals surface area (Å²) in [4.78, 5) is 28.7. The van der Waals surface area contributed by atoms with Crippen LogP contribution in [0.15, 0.2) is 66.0 Å². The molecule has 146 valence electrons. The molecule has 2 aliphatic rings. The molecule has 2 amide bonds. The first kappa shape index (κ1) is 18.1. The van der Waals surface area contributed by atoms with Gasteiger partial charge in [-0.3, -0.25) is 9.59 Å². The third-order valence-corrected chi connectivity index (χ3v) is 6.69. The normalized spacial score (nSPS) is 18.2. The molecule has 0 radical (unpaired) electrons. The van der Waals surface area contributed by atoms with Gasteiger partial charge in [-0.15, -0.1) is 11.3 Å². The quantitative estimate of drug-likeness (QED) is 0.676. The molecule has 0 saturated heterocycles. The largest absolute Gasteiger partial charge is 0.327 e. The number of hydrogen-bond acceptors (Lipinski definition) is 3. The van der Waals surface area contributed by atoms with Gasteiger partial charge in [-0.1, -0.05) is 30.3 Å². The Morgan fingerprint density at radius 2 is 1.72 bits per heavy atom. The third kappa shape index (κ3) is 3.58. The number of thiophene rings is 1. The fraction of sp³-hybridized carbons (Fsp3) is 0.250. The van der Waals surface area contributed by atoms with Crippen LogP contribution in [0, 0.1) is 5.92 Å². The van der Waals surface area contributed by atoms with Crippen molar-refractivity contribution in [1.82, 2.24) is 4.90 Å². The Kier molecular flexibility index (Phi) is 4.68. The highest BCUT2D eigenvalue weighted by atomic mass is 32.1. The minimum atomic E-state index is -0.0621. The van der Waals surface area contributed by atoms with E-state index in [0.717, 1.165) is 30.5 Å². The summed E-state index contributed by atoms with van der Waals surface area (Å²) in [6.07, 6.45) is 2.84. The van der Waals surface area contributed by atoms with Gasteiger partial charge in [0.05, 0.1) is 6.04 Å². The van der Waals surface area contributed by atoms with Crippen LogP contribution < -0.4 is 5.32 Å². The van der Waals surface area contributed by atoms with E-state index in [9.17, 15) is 9.59 Å². The number of carbonyl (C=O) groups is 2. The predicted octanol–water partition coefficient (Wildman–Crippen LogP) is 4.88. The SMILES string of the molecule is O=C(Nc1ccc(C(=O)N2CCc3sccc3[C@@H]2c2ccccc2)cc1)C1CC1. The van der Waals surface area contributed by atoms with Gasteiger partial charge in [-0.2, -0.15) is 0 Å². The van der Waals surface area contributed by atoms with Gasteiger partial charge >= 0.3 is 0 Å². The average Bonchev–Trinajstić information content (AvgIpc) is 3.51. The Morgan fingerprint density at radius 1 is 0.966 bits per heavy atom. The highest BCUT2D eigenvalue weighted by Crippen LogP contribution is 2.38. The molecule has 1 fully saturated rings. The molecule has 1 aliphatic heterocycles. The molecule has 4 nitrogen and oxygen atoms in total. The molecular formula is C24H22N2O2S. The van der Waals surface area contributed by atoms with Crippen LogP contribution in [0.5, 0.6) is 0 Å². The van der Waals surface area contributed by atoms with E-state index in [4.69, 9.17) is 0 Å². The van der Waals surface area contributed by atoms with Crippen LogP contribution in [-0.4, -0.2) is 23.3 Å². The number of rotatable bonds is 4. The fourth-order valence-corrected chi connectivity index (χ4v) is 4.89. The lowest BCUT2D eigenvalue weighted by atomic mass is 9.92. The number of nitrogens with zero attached hydrogens (tertiary/aromatic N) is 1. The summed E-state index contributed by atoms with van der Waals surface area (Å²) in [5.41, 5.74) is 3.76. The molecule has 1 atom stereocenters. The number of hydrogen-bond donors (Lipinski definition) is 1. The molecule has 3 aromatic rings. The van der Waals surface area contributed by atoms with Gasteiger partial charge in [0.15, 0.2) is 0 Å². The van der Waals surface area contributed by atoms with E-state index in [1.165, 1.54) is 10.4 Å². The summed E-state index contributed by atoms with van der Waals surface area (Å²) >= 11 is 1.77. The van der Waals surface area contributed by atoms with E-state index in [1.807, 2.05) is 47.4 Å². The number of fused-ring (bicyclic) bond motifs is 1. The van der Waals surface area contributed by atoms with Gasteiger partial charge in [0, 0.05) is 28.6 Å². The van der Waals surface area contributed by atoms with Crippen LogP contribution in [0.2, 0.25) is 0 Å². The second-order valence-electron chi connectivity index (χ2n) is 7.70. The first-order chi connectivity index (χ1) is 14.2. The predicted molar refractivity (Wildman–Crippen MR) is 115 cm³/mol. The van der Waals surface area contributed by atoms with E-state index in [0.29, 0.717) is 12.1 Å². The molecule has 2 heterocycles. The Hall–Kier alpha value is -2.92. The smallest absolute Gasteiger partial charge is 0.254 e. The zero-order valence-electron chi connectivity index (χ0n) is 16.0. The first-order valence-electron chi connectivity index (χ1n) is 10.0. The molecule has 5 heteroatoms. The molecule has 5 rings (SSSR count). The molecular weight excluding hydrogens is 380 g/mol. The van der Waals surface area contributed by atoms with Gasteiger partial charge in [0.2, 0.25) is 5.91 Å². The van der Waals surface area contributed by atoms with Gasteiger partial charge in [0.1, 0.15) is 0 Å². The van der Waals surface area contributed by atoms with Crippen molar-refractivity contribution in [2.24, 2.45) is 5.92 Å². The summed E-state index contributed by atoms with van der Waals surface area (Å²) in [5, 5.41) is 5.05. The zero-order chi connectivity index (χ0) is 19.8. The minimum Gasteiger partial charge on any atom is -0.327 e. The Labute approximate surface area is 174 Å². The van der Waals surface area contributed by atoms with Crippen LogP contribution >= 0.6 is 11.3 Å². The monoisotopic (exact) mass is 402 g/mol. The van der Waals surface area contributed by atoms with Crippen LogP contribution in [-0.2, 0) is 11.2 Å². The average molecular weight is 403 g/mol. The van der Waals surface area contributed by atoms with Crippen molar-refractivity contribution in [3.63, 3.8) is 0 Å². The number of nitrogens with one attached hydrogen (secondary N) is 1. The van der Waals surface area contributed by atoms with Crippen LogP contribution in [0.25, 0.3) is 0 Å². The molecule has 2 aromatic carbocycles. The third-order valence-electron chi connectivity index (χ3n) is 5.69. The van der Waals surface area contributed by atoms with Crippen LogP contribution in [0.4, 0.5) is 5.69 Å². The highest BCUT2D eigenvalue weighted by Gasteiger charge is 2.33. The molecule has 29 heavy (non-hydrogen) atoms. The summed E-state index contributed by atoms with van der Waals surface area (Å²) in [7, 11) is 0. The Bertz CT molecular complexity index is 1040. The maximum absolute atomic E-state index is 13.4. The van der Waals surface area contributed by atoms with Gasteiger partial charge in [0.25, 0.3) is 5.91 Å². The lowest BCUT2D eigenvalue weighted by Crippen LogP contribution is -2.40. The fourth-order valence-electron chi connectivity index (χ4n) is 3.98. The molecule has 0 spiro atoms. The molecule has 1 aromatic heterocycles. The molecule has 1 N–H and O–H groups in total. The summed E-state index contributed by atoms with van der Waals surface area (Å²) in [5.74, 6) is 0.265. The van der Waals surface area contributed by atoms with Gasteiger partial charge in [-0.05, 0) is 66.1 Å². The number of anilines is 1. The van der Waals surface area contributed by atoms with Gasteiger partial charge in [-0.25, -0.2) is 0 Å². The zero-order valence-corrected chi connectivity index (χ0v) is 16.8. The topological polar surface area (TPSA) is 49.4 Å². The standard InChI is InChI=1S/C24H22N2O2S/c27-23(17-6-7-17)25-19-10-8-18(9-11-19)24(28)26-14-12-21-20(13-15-29-21)22(26)16-4-2-1-3-5-16/h1-5,8-11,13,15,17,22H,6-7,12,14H2,(H,25,27)/t22-/m0/s1.